The number of methoxy groups -OCH3 is 1. The number of nitrogens with zero attached hydrogens (tertiary/aromatic N) is 2. The molecular weight excluding hydrogens is 305 g/mol. The molecule has 2 aromatic heterocycles. The van der Waals surface area contributed by atoms with Crippen molar-refractivity contribution in [1.29, 1.82) is 0 Å². The maximum absolute atomic E-state index is 14.0. The van der Waals surface area contributed by atoms with Gasteiger partial charge in [-0.15, -0.1) is 0 Å². The number of nitrogens with one attached hydrogen (secondary N) is 1. The average Bonchev–Trinajstić information content (AvgIpc) is 2.98. The molecule has 2 aromatic carbocycles. The Hall–Kier alpha value is -3.08. The number of pyridine rings is 1. The number of anilines is 1. The van der Waals surface area contributed by atoms with Crippen LogP contribution in [-0.4, -0.2) is 23.5 Å². The molecular formula is C19H16FN3O. The van der Waals surface area contributed by atoms with Crippen molar-refractivity contribution in [1.82, 2.24) is 9.38 Å². The number of rotatable bonds is 3. The Morgan fingerprint density at radius 3 is 2.62 bits per heavy atom. The van der Waals surface area contributed by atoms with E-state index in [2.05, 4.69) is 10.3 Å². The molecule has 0 saturated heterocycles. The van der Waals surface area contributed by atoms with Crippen LogP contribution in [0.2, 0.25) is 0 Å². The molecule has 0 aliphatic heterocycles. The van der Waals surface area contributed by atoms with Gasteiger partial charge in [0.1, 0.15) is 17.2 Å². The highest BCUT2D eigenvalue weighted by atomic mass is 19.1. The summed E-state index contributed by atoms with van der Waals surface area (Å²) >= 11 is 0. The summed E-state index contributed by atoms with van der Waals surface area (Å²) in [6.07, 6.45) is 1.95. The van der Waals surface area contributed by atoms with E-state index < -0.39 is 0 Å². The van der Waals surface area contributed by atoms with Gasteiger partial charge in [0.2, 0.25) is 0 Å². The molecule has 4 nitrogen and oxygen atoms in total. The van der Waals surface area contributed by atoms with Gasteiger partial charge in [-0.25, -0.2) is 9.37 Å². The van der Waals surface area contributed by atoms with Crippen LogP contribution >= 0.6 is 0 Å². The average molecular weight is 321 g/mol. The van der Waals surface area contributed by atoms with Gasteiger partial charge in [-0.1, -0.05) is 6.07 Å². The molecule has 4 aromatic rings. The van der Waals surface area contributed by atoms with E-state index in [1.807, 2.05) is 47.0 Å². The minimum absolute atomic E-state index is 0.270. The van der Waals surface area contributed by atoms with Gasteiger partial charge in [0.05, 0.1) is 23.8 Å². The summed E-state index contributed by atoms with van der Waals surface area (Å²) in [6.45, 7) is 0. The molecule has 0 amide bonds. The van der Waals surface area contributed by atoms with Crippen molar-refractivity contribution in [3.05, 3.63) is 60.5 Å². The molecule has 0 bridgehead atoms. The van der Waals surface area contributed by atoms with Crippen LogP contribution in [0.1, 0.15) is 0 Å². The Morgan fingerprint density at radius 1 is 1.04 bits per heavy atom. The number of aromatic nitrogens is 2. The summed E-state index contributed by atoms with van der Waals surface area (Å²) in [6, 6.07) is 14.9. The predicted molar refractivity (Wildman–Crippen MR) is 94.2 cm³/mol. The first kappa shape index (κ1) is 14.5. The van der Waals surface area contributed by atoms with Gasteiger partial charge in [0.25, 0.3) is 0 Å². The molecule has 0 atom stereocenters. The van der Waals surface area contributed by atoms with Crippen molar-refractivity contribution in [2.45, 2.75) is 0 Å². The second kappa shape index (κ2) is 5.53. The standard InChI is InChI=1S/C19H16FN3O/c1-21-16-5-3-12(9-15(16)20)13-7-8-23-18-11-14(24-2)4-6-17(18)22-19(23)10-13/h3-11,21H,1-2H3. The van der Waals surface area contributed by atoms with Crippen LogP contribution in [-0.2, 0) is 0 Å². The molecule has 0 radical (unpaired) electrons. The minimum Gasteiger partial charge on any atom is -0.497 e. The van der Waals surface area contributed by atoms with E-state index in [1.165, 1.54) is 6.07 Å². The van der Waals surface area contributed by atoms with Crippen molar-refractivity contribution < 1.29 is 9.13 Å². The van der Waals surface area contributed by atoms with Crippen molar-refractivity contribution in [3.8, 4) is 16.9 Å². The highest BCUT2D eigenvalue weighted by Gasteiger charge is 2.09. The number of fused-ring (bicyclic) bond motifs is 3. The number of imidazole rings is 1. The Bertz CT molecular complexity index is 1060. The summed E-state index contributed by atoms with van der Waals surface area (Å²) < 4.78 is 21.3. The number of benzene rings is 2. The fraction of sp³-hybridized carbons (Fsp3) is 0.105. The number of halogens is 1. The molecule has 24 heavy (non-hydrogen) atoms. The molecule has 1 N–H and O–H groups in total. The van der Waals surface area contributed by atoms with Crippen LogP contribution < -0.4 is 10.1 Å². The highest BCUT2D eigenvalue weighted by molar-refractivity contribution is 5.83. The Morgan fingerprint density at radius 2 is 1.88 bits per heavy atom. The normalized spacial score (nSPS) is 11.1. The maximum Gasteiger partial charge on any atom is 0.146 e. The molecule has 4 rings (SSSR count). The van der Waals surface area contributed by atoms with Gasteiger partial charge in [-0.2, -0.15) is 0 Å². The van der Waals surface area contributed by atoms with Crippen LogP contribution in [0.25, 0.3) is 27.8 Å². The summed E-state index contributed by atoms with van der Waals surface area (Å²) in [5, 5.41) is 2.83. The van der Waals surface area contributed by atoms with Gasteiger partial charge in [0, 0.05) is 19.3 Å². The fourth-order valence-corrected chi connectivity index (χ4v) is 2.90. The van der Waals surface area contributed by atoms with E-state index in [4.69, 9.17) is 4.74 Å². The lowest BCUT2D eigenvalue weighted by Crippen LogP contribution is -1.93. The van der Waals surface area contributed by atoms with E-state index in [0.29, 0.717) is 5.69 Å². The van der Waals surface area contributed by atoms with Crippen molar-refractivity contribution in [2.24, 2.45) is 0 Å². The molecule has 0 aliphatic carbocycles. The first-order valence-electron chi connectivity index (χ1n) is 7.63. The van der Waals surface area contributed by atoms with Crippen LogP contribution in [0.4, 0.5) is 10.1 Å². The number of ether oxygens (including phenoxy) is 1. The molecule has 0 fully saturated rings. The quantitative estimate of drug-likeness (QED) is 0.610. The summed E-state index contributed by atoms with van der Waals surface area (Å²) in [4.78, 5) is 4.63. The van der Waals surface area contributed by atoms with Gasteiger partial charge in [0.15, 0.2) is 0 Å². The van der Waals surface area contributed by atoms with E-state index >= 15 is 0 Å². The van der Waals surface area contributed by atoms with E-state index in [9.17, 15) is 4.39 Å². The zero-order chi connectivity index (χ0) is 16.7. The summed E-state index contributed by atoms with van der Waals surface area (Å²) in [5.74, 6) is 0.520. The fourth-order valence-electron chi connectivity index (χ4n) is 2.90. The summed E-state index contributed by atoms with van der Waals surface area (Å²) in [5.41, 5.74) is 4.91. The maximum atomic E-state index is 14.0. The van der Waals surface area contributed by atoms with Crippen molar-refractivity contribution >= 4 is 22.4 Å². The van der Waals surface area contributed by atoms with Crippen LogP contribution in [0.15, 0.2) is 54.7 Å². The van der Waals surface area contributed by atoms with Crippen LogP contribution in [0.5, 0.6) is 5.75 Å². The monoisotopic (exact) mass is 321 g/mol. The zero-order valence-electron chi connectivity index (χ0n) is 13.4. The Labute approximate surface area is 138 Å². The first-order chi connectivity index (χ1) is 11.7. The Kier molecular flexibility index (Phi) is 3.34. The SMILES string of the molecule is CNc1ccc(-c2ccn3c(c2)nc2ccc(OC)cc23)cc1F. The smallest absolute Gasteiger partial charge is 0.146 e. The molecule has 0 aliphatic rings. The first-order valence-corrected chi connectivity index (χ1v) is 7.63. The Balaban J connectivity index is 1.86. The zero-order valence-corrected chi connectivity index (χ0v) is 13.4. The lowest BCUT2D eigenvalue weighted by molar-refractivity contribution is 0.415. The topological polar surface area (TPSA) is 38.6 Å². The highest BCUT2D eigenvalue weighted by Crippen LogP contribution is 2.27. The number of hydrogen-bond acceptors (Lipinski definition) is 3. The minimum atomic E-state index is -0.270. The molecule has 5 heteroatoms. The largest absolute Gasteiger partial charge is 0.497 e. The van der Waals surface area contributed by atoms with E-state index in [0.717, 1.165) is 33.6 Å². The van der Waals surface area contributed by atoms with Gasteiger partial charge in [-0.05, 0) is 47.5 Å². The van der Waals surface area contributed by atoms with Gasteiger partial charge >= 0.3 is 0 Å². The predicted octanol–water partition coefficient (Wildman–Crippen LogP) is 4.34. The van der Waals surface area contributed by atoms with Crippen LogP contribution in [0.3, 0.4) is 0 Å². The molecule has 2 heterocycles. The molecule has 0 unspecified atom stereocenters. The lowest BCUT2D eigenvalue weighted by atomic mass is 10.1. The second-order valence-corrected chi connectivity index (χ2v) is 5.55. The van der Waals surface area contributed by atoms with Crippen molar-refractivity contribution in [3.63, 3.8) is 0 Å². The van der Waals surface area contributed by atoms with Crippen molar-refractivity contribution in [2.75, 3.05) is 19.5 Å². The molecule has 120 valence electrons. The van der Waals surface area contributed by atoms with E-state index in [1.54, 1.807) is 20.2 Å². The van der Waals surface area contributed by atoms with Crippen LogP contribution in [0, 0.1) is 5.82 Å². The lowest BCUT2D eigenvalue weighted by Gasteiger charge is -2.06. The molecule has 0 spiro atoms. The third-order valence-electron chi connectivity index (χ3n) is 4.18. The molecule has 0 saturated carbocycles. The van der Waals surface area contributed by atoms with E-state index in [-0.39, 0.29) is 5.82 Å². The third-order valence-corrected chi connectivity index (χ3v) is 4.18. The summed E-state index contributed by atoms with van der Waals surface area (Å²) in [7, 11) is 3.35. The van der Waals surface area contributed by atoms with Gasteiger partial charge in [-0.3, -0.25) is 4.40 Å². The number of hydrogen-bond donors (Lipinski definition) is 1. The third kappa shape index (κ3) is 2.25. The van der Waals surface area contributed by atoms with Gasteiger partial charge < -0.3 is 10.1 Å². The second-order valence-electron chi connectivity index (χ2n) is 5.55.